The van der Waals surface area contributed by atoms with Crippen LogP contribution in [0, 0.1) is 0 Å². The van der Waals surface area contributed by atoms with E-state index >= 15 is 0 Å². The van der Waals surface area contributed by atoms with Crippen LogP contribution in [0.2, 0.25) is 0 Å². The van der Waals surface area contributed by atoms with Crippen LogP contribution in [-0.2, 0) is 4.79 Å². The molecule has 0 aliphatic carbocycles. The summed E-state index contributed by atoms with van der Waals surface area (Å²) < 4.78 is 10.5. The number of carbonyl (C=O) groups is 2. The van der Waals surface area contributed by atoms with Crippen molar-refractivity contribution < 1.29 is 24.0 Å². The predicted octanol–water partition coefficient (Wildman–Crippen LogP) is 1.71. The van der Waals surface area contributed by atoms with Crippen molar-refractivity contribution in [3.05, 3.63) is 35.6 Å². The van der Waals surface area contributed by atoms with Crippen molar-refractivity contribution in [3.8, 4) is 17.0 Å². The smallest absolute Gasteiger partial charge is 0.259 e. The normalized spacial score (nSPS) is 15.6. The topological polar surface area (TPSA) is 96.1 Å². The van der Waals surface area contributed by atoms with Gasteiger partial charge in [0, 0.05) is 38.7 Å². The summed E-state index contributed by atoms with van der Waals surface area (Å²) >= 11 is 0. The lowest BCUT2D eigenvalue weighted by atomic mass is 10.0. The Morgan fingerprint density at radius 1 is 1.15 bits per heavy atom. The molecule has 0 spiro atoms. The van der Waals surface area contributed by atoms with Crippen LogP contribution >= 0.6 is 0 Å². The van der Waals surface area contributed by atoms with Crippen LogP contribution in [0.4, 0.5) is 0 Å². The molecule has 2 aromatic rings. The van der Waals surface area contributed by atoms with Gasteiger partial charge in [-0.2, -0.15) is 0 Å². The third-order valence-electron chi connectivity index (χ3n) is 4.69. The van der Waals surface area contributed by atoms with Crippen LogP contribution in [0.3, 0.4) is 0 Å². The quantitative estimate of drug-likeness (QED) is 0.876. The molecule has 8 heteroatoms. The molecule has 8 nitrogen and oxygen atoms in total. The number of piperazine rings is 1. The van der Waals surface area contributed by atoms with E-state index in [0.29, 0.717) is 43.2 Å². The van der Waals surface area contributed by atoms with Gasteiger partial charge in [0.15, 0.2) is 5.76 Å². The fourth-order valence-electron chi connectivity index (χ4n) is 3.12. The number of aliphatic hydroxyl groups is 1. The molecule has 1 fully saturated rings. The molecule has 27 heavy (non-hydrogen) atoms. The van der Waals surface area contributed by atoms with Gasteiger partial charge in [0.1, 0.15) is 23.1 Å². The Labute approximate surface area is 157 Å². The number of hydrogen-bond acceptors (Lipinski definition) is 6. The summed E-state index contributed by atoms with van der Waals surface area (Å²) in [5.74, 6) is 0.558. The third kappa shape index (κ3) is 3.80. The first-order valence-corrected chi connectivity index (χ1v) is 8.79. The Bertz CT molecular complexity index is 820. The number of aromatic nitrogens is 1. The van der Waals surface area contributed by atoms with E-state index in [1.807, 2.05) is 0 Å². The van der Waals surface area contributed by atoms with E-state index in [4.69, 9.17) is 9.26 Å². The van der Waals surface area contributed by atoms with E-state index in [1.54, 1.807) is 41.2 Å². The average molecular weight is 373 g/mol. The van der Waals surface area contributed by atoms with E-state index < -0.39 is 6.10 Å². The zero-order valence-electron chi connectivity index (χ0n) is 15.6. The van der Waals surface area contributed by atoms with Crippen LogP contribution in [0.15, 0.2) is 28.8 Å². The molecule has 2 heterocycles. The van der Waals surface area contributed by atoms with Crippen LogP contribution in [0.1, 0.15) is 36.1 Å². The number of aliphatic hydroxyl groups excluding tert-OH is 1. The van der Waals surface area contributed by atoms with Crippen LogP contribution in [-0.4, -0.2) is 65.2 Å². The number of methoxy groups -OCH3 is 1. The van der Waals surface area contributed by atoms with Crippen molar-refractivity contribution >= 4 is 11.8 Å². The maximum atomic E-state index is 13.2. The molecule has 3 rings (SSSR count). The Morgan fingerprint density at radius 2 is 1.74 bits per heavy atom. The SMILES string of the molecule is COc1ccc(-c2noc(C(C)O)c2C(=O)N2CCN(C(C)=O)CC2)cc1. The van der Waals surface area contributed by atoms with Crippen LogP contribution in [0.25, 0.3) is 11.3 Å². The van der Waals surface area contributed by atoms with Gasteiger partial charge in [0.2, 0.25) is 5.91 Å². The molecule has 0 radical (unpaired) electrons. The number of benzene rings is 1. The minimum Gasteiger partial charge on any atom is -0.497 e. The van der Waals surface area contributed by atoms with Crippen LogP contribution in [0.5, 0.6) is 5.75 Å². The van der Waals surface area contributed by atoms with Crippen molar-refractivity contribution in [2.45, 2.75) is 20.0 Å². The zero-order valence-corrected chi connectivity index (χ0v) is 15.6. The van der Waals surface area contributed by atoms with Gasteiger partial charge < -0.3 is 24.2 Å². The standard InChI is InChI=1S/C19H23N3O5/c1-12(23)18-16(19(25)22-10-8-21(9-11-22)13(2)24)17(20-27-18)14-4-6-15(26-3)7-5-14/h4-7,12,23H,8-11H2,1-3H3. The van der Waals surface area contributed by atoms with E-state index in [0.717, 1.165) is 0 Å². The Hall–Kier alpha value is -2.87. The lowest BCUT2D eigenvalue weighted by Gasteiger charge is -2.34. The maximum Gasteiger partial charge on any atom is 0.259 e. The van der Waals surface area contributed by atoms with Crippen molar-refractivity contribution in [3.63, 3.8) is 0 Å². The van der Waals surface area contributed by atoms with Gasteiger partial charge in [-0.05, 0) is 31.2 Å². The summed E-state index contributed by atoms with van der Waals surface area (Å²) in [7, 11) is 1.58. The molecule has 0 saturated carbocycles. The second-order valence-corrected chi connectivity index (χ2v) is 6.47. The lowest BCUT2D eigenvalue weighted by Crippen LogP contribution is -2.50. The van der Waals surface area contributed by atoms with Crippen molar-refractivity contribution in [2.24, 2.45) is 0 Å². The number of hydrogen-bond donors (Lipinski definition) is 1. The van der Waals surface area contributed by atoms with E-state index in [1.165, 1.54) is 13.8 Å². The highest BCUT2D eigenvalue weighted by molar-refractivity contribution is 6.01. The highest BCUT2D eigenvalue weighted by Crippen LogP contribution is 2.31. The van der Waals surface area contributed by atoms with Gasteiger partial charge in [-0.3, -0.25) is 9.59 Å². The highest BCUT2D eigenvalue weighted by atomic mass is 16.5. The highest BCUT2D eigenvalue weighted by Gasteiger charge is 2.31. The fourth-order valence-corrected chi connectivity index (χ4v) is 3.12. The fraction of sp³-hybridized carbons (Fsp3) is 0.421. The number of rotatable bonds is 4. The Kier molecular flexibility index (Phi) is 5.46. The largest absolute Gasteiger partial charge is 0.497 e. The zero-order chi connectivity index (χ0) is 19.6. The summed E-state index contributed by atoms with van der Waals surface area (Å²) in [6.07, 6.45) is -0.970. The molecular formula is C19H23N3O5. The molecule has 1 aliphatic heterocycles. The summed E-state index contributed by atoms with van der Waals surface area (Å²) in [6, 6.07) is 7.11. The van der Waals surface area contributed by atoms with Gasteiger partial charge in [0.05, 0.1) is 7.11 Å². The number of nitrogens with zero attached hydrogens (tertiary/aromatic N) is 3. The summed E-state index contributed by atoms with van der Waals surface area (Å²) in [6.45, 7) is 4.85. The second-order valence-electron chi connectivity index (χ2n) is 6.47. The maximum absolute atomic E-state index is 13.2. The monoisotopic (exact) mass is 373 g/mol. The minimum atomic E-state index is -0.970. The average Bonchev–Trinajstić information content (AvgIpc) is 3.13. The number of ether oxygens (including phenoxy) is 1. The molecule has 1 aromatic carbocycles. The number of amides is 2. The Balaban J connectivity index is 1.92. The van der Waals surface area contributed by atoms with Crippen LogP contribution < -0.4 is 4.74 Å². The van der Waals surface area contributed by atoms with E-state index in [2.05, 4.69) is 5.16 Å². The first-order valence-electron chi connectivity index (χ1n) is 8.79. The molecule has 1 unspecified atom stereocenters. The molecule has 1 saturated heterocycles. The van der Waals surface area contributed by atoms with Crippen molar-refractivity contribution in [1.82, 2.24) is 15.0 Å². The number of carbonyl (C=O) groups excluding carboxylic acids is 2. The Morgan fingerprint density at radius 3 is 2.26 bits per heavy atom. The molecule has 144 valence electrons. The molecule has 1 aromatic heterocycles. The van der Waals surface area contributed by atoms with Gasteiger partial charge in [-0.25, -0.2) is 0 Å². The van der Waals surface area contributed by atoms with Crippen molar-refractivity contribution in [1.29, 1.82) is 0 Å². The molecule has 0 bridgehead atoms. The lowest BCUT2D eigenvalue weighted by molar-refractivity contribution is -0.130. The molecule has 1 atom stereocenters. The molecule has 1 N–H and O–H groups in total. The first-order chi connectivity index (χ1) is 12.9. The van der Waals surface area contributed by atoms with E-state index in [-0.39, 0.29) is 23.1 Å². The molecule has 1 aliphatic rings. The van der Waals surface area contributed by atoms with Gasteiger partial charge in [0.25, 0.3) is 5.91 Å². The second kappa shape index (κ2) is 7.79. The van der Waals surface area contributed by atoms with E-state index in [9.17, 15) is 14.7 Å². The molecular weight excluding hydrogens is 350 g/mol. The summed E-state index contributed by atoms with van der Waals surface area (Å²) in [5.41, 5.74) is 1.33. The summed E-state index contributed by atoms with van der Waals surface area (Å²) in [5, 5.41) is 14.1. The third-order valence-corrected chi connectivity index (χ3v) is 4.69. The van der Waals surface area contributed by atoms with Gasteiger partial charge in [-0.15, -0.1) is 0 Å². The summed E-state index contributed by atoms with van der Waals surface area (Å²) in [4.78, 5) is 28.0. The van der Waals surface area contributed by atoms with Crippen molar-refractivity contribution in [2.75, 3.05) is 33.3 Å². The minimum absolute atomic E-state index is 0.00401. The first kappa shape index (κ1) is 18.9. The van der Waals surface area contributed by atoms with Gasteiger partial charge >= 0.3 is 0 Å². The predicted molar refractivity (Wildman–Crippen MR) is 97.3 cm³/mol. The molecule has 2 amide bonds. The van der Waals surface area contributed by atoms with Gasteiger partial charge in [-0.1, -0.05) is 5.16 Å².